The number of morpholine rings is 1. The van der Waals surface area contributed by atoms with Crippen LogP contribution in [0.2, 0.25) is 0 Å². The molecule has 17 heavy (non-hydrogen) atoms. The number of carboxylic acid groups (broad SMARTS) is 1. The van der Waals surface area contributed by atoms with Crippen LogP contribution in [0.3, 0.4) is 0 Å². The Hall–Kier alpha value is -1.56. The molecule has 3 unspecified atom stereocenters. The zero-order valence-corrected chi connectivity index (χ0v) is 9.37. The van der Waals surface area contributed by atoms with Crippen molar-refractivity contribution < 1.29 is 24.2 Å². The fourth-order valence-corrected chi connectivity index (χ4v) is 2.29. The molecule has 0 aromatic heterocycles. The van der Waals surface area contributed by atoms with E-state index >= 15 is 0 Å². The van der Waals surface area contributed by atoms with E-state index in [0.717, 1.165) is 0 Å². The van der Waals surface area contributed by atoms with Gasteiger partial charge in [0.1, 0.15) is 6.61 Å². The third-order valence-corrected chi connectivity index (χ3v) is 3.06. The fraction of sp³-hybridized carbons (Fsp3) is 0.636. The van der Waals surface area contributed by atoms with Crippen LogP contribution >= 0.6 is 0 Å². The van der Waals surface area contributed by atoms with Gasteiger partial charge in [0.15, 0.2) is 0 Å². The Morgan fingerprint density at radius 1 is 1.53 bits per heavy atom. The average Bonchev–Trinajstić information content (AvgIpc) is 2.61. The van der Waals surface area contributed by atoms with Crippen LogP contribution in [0.15, 0.2) is 12.7 Å². The number of ether oxygens (including phenoxy) is 2. The van der Waals surface area contributed by atoms with Gasteiger partial charge in [0, 0.05) is 0 Å². The number of rotatable bonds is 3. The summed E-state index contributed by atoms with van der Waals surface area (Å²) < 4.78 is 10.4. The van der Waals surface area contributed by atoms with Gasteiger partial charge in [0.2, 0.25) is 0 Å². The number of hydrogen-bond acceptors (Lipinski definition) is 4. The molecule has 0 radical (unpaired) electrons. The molecule has 6 heteroatoms. The Balaban J connectivity index is 1.95. The van der Waals surface area contributed by atoms with Crippen molar-refractivity contribution in [2.75, 3.05) is 19.7 Å². The predicted octanol–water partition coefficient (Wildman–Crippen LogP) is 0.483. The molecule has 1 amide bonds. The van der Waals surface area contributed by atoms with Gasteiger partial charge in [0.05, 0.1) is 31.2 Å². The summed E-state index contributed by atoms with van der Waals surface area (Å²) in [6.07, 6.45) is 0.918. The van der Waals surface area contributed by atoms with E-state index in [1.54, 1.807) is 0 Å². The first-order chi connectivity index (χ1) is 8.11. The SMILES string of the molecule is C=CCOC(=O)N1CC2CC(C(=O)O)C(C1)O2. The van der Waals surface area contributed by atoms with E-state index in [4.69, 9.17) is 14.6 Å². The molecule has 2 saturated heterocycles. The van der Waals surface area contributed by atoms with E-state index in [1.807, 2.05) is 0 Å². The van der Waals surface area contributed by atoms with Gasteiger partial charge in [-0.05, 0) is 6.42 Å². The average molecular weight is 241 g/mol. The molecule has 2 aliphatic rings. The van der Waals surface area contributed by atoms with Crippen molar-refractivity contribution in [3.05, 3.63) is 12.7 Å². The van der Waals surface area contributed by atoms with E-state index in [-0.39, 0.29) is 19.3 Å². The molecule has 2 heterocycles. The summed E-state index contributed by atoms with van der Waals surface area (Å²) in [7, 11) is 0. The van der Waals surface area contributed by atoms with Crippen molar-refractivity contribution >= 4 is 12.1 Å². The molecule has 94 valence electrons. The lowest BCUT2D eigenvalue weighted by Gasteiger charge is -2.31. The summed E-state index contributed by atoms with van der Waals surface area (Å²) in [6.45, 7) is 4.30. The summed E-state index contributed by atoms with van der Waals surface area (Å²) >= 11 is 0. The zero-order valence-electron chi connectivity index (χ0n) is 9.37. The molecule has 0 aromatic rings. The van der Waals surface area contributed by atoms with Gasteiger partial charge in [-0.1, -0.05) is 12.7 Å². The Kier molecular flexibility index (Phi) is 3.33. The first kappa shape index (κ1) is 11.9. The number of hydrogen-bond donors (Lipinski definition) is 1. The normalized spacial score (nSPS) is 31.1. The highest BCUT2D eigenvalue weighted by molar-refractivity contribution is 5.72. The standard InChI is InChI=1S/C11H15NO5/c1-2-3-16-11(15)12-5-7-4-8(10(13)14)9(6-12)17-7/h2,7-9H,1,3-6H2,(H,13,14). The molecule has 0 aromatic carbocycles. The van der Waals surface area contributed by atoms with Crippen LogP contribution in [0.4, 0.5) is 4.79 Å². The van der Waals surface area contributed by atoms with Crippen LogP contribution in [0.1, 0.15) is 6.42 Å². The molecule has 0 aliphatic carbocycles. The predicted molar refractivity (Wildman–Crippen MR) is 57.5 cm³/mol. The summed E-state index contributed by atoms with van der Waals surface area (Å²) in [5.41, 5.74) is 0. The first-order valence-electron chi connectivity index (χ1n) is 5.52. The monoisotopic (exact) mass is 241 g/mol. The minimum Gasteiger partial charge on any atom is -0.481 e. The lowest BCUT2D eigenvalue weighted by Crippen LogP contribution is -2.47. The minimum atomic E-state index is -0.862. The third kappa shape index (κ3) is 2.41. The molecular weight excluding hydrogens is 226 g/mol. The number of carbonyl (C=O) groups is 2. The first-order valence-corrected chi connectivity index (χ1v) is 5.52. The van der Waals surface area contributed by atoms with Gasteiger partial charge in [-0.3, -0.25) is 4.79 Å². The zero-order chi connectivity index (χ0) is 12.4. The number of fused-ring (bicyclic) bond motifs is 2. The van der Waals surface area contributed by atoms with E-state index in [0.29, 0.717) is 13.0 Å². The quantitative estimate of drug-likeness (QED) is 0.727. The number of carbonyl (C=O) groups excluding carboxylic acids is 1. The van der Waals surface area contributed by atoms with Gasteiger partial charge in [-0.2, -0.15) is 0 Å². The maximum Gasteiger partial charge on any atom is 0.410 e. The molecule has 2 aliphatic heterocycles. The van der Waals surface area contributed by atoms with Crippen molar-refractivity contribution in [2.24, 2.45) is 5.92 Å². The number of aliphatic carboxylic acids is 1. The fourth-order valence-electron chi connectivity index (χ4n) is 2.29. The highest BCUT2D eigenvalue weighted by atomic mass is 16.6. The summed E-state index contributed by atoms with van der Waals surface area (Å²) in [4.78, 5) is 24.1. The Morgan fingerprint density at radius 2 is 2.29 bits per heavy atom. The van der Waals surface area contributed by atoms with Crippen molar-refractivity contribution in [3.8, 4) is 0 Å². The minimum absolute atomic E-state index is 0.161. The lowest BCUT2D eigenvalue weighted by molar-refractivity contribution is -0.144. The molecule has 0 spiro atoms. The van der Waals surface area contributed by atoms with Gasteiger partial charge in [0.25, 0.3) is 0 Å². The second-order valence-corrected chi connectivity index (χ2v) is 4.25. The Bertz CT molecular complexity index is 343. The second kappa shape index (κ2) is 4.75. The third-order valence-electron chi connectivity index (χ3n) is 3.06. The summed E-state index contributed by atoms with van der Waals surface area (Å²) in [6, 6.07) is 0. The molecule has 6 nitrogen and oxygen atoms in total. The van der Waals surface area contributed by atoms with Crippen LogP contribution in [0.25, 0.3) is 0 Å². The maximum atomic E-state index is 11.6. The van der Waals surface area contributed by atoms with E-state index in [1.165, 1.54) is 11.0 Å². The molecule has 0 saturated carbocycles. The molecule has 3 atom stereocenters. The van der Waals surface area contributed by atoms with E-state index in [2.05, 4.69) is 6.58 Å². The van der Waals surface area contributed by atoms with Crippen LogP contribution in [-0.2, 0) is 14.3 Å². The second-order valence-electron chi connectivity index (χ2n) is 4.25. The molecule has 2 rings (SSSR count). The van der Waals surface area contributed by atoms with Crippen molar-refractivity contribution in [1.82, 2.24) is 4.90 Å². The number of amides is 1. The highest BCUT2D eigenvalue weighted by Gasteiger charge is 2.46. The van der Waals surface area contributed by atoms with E-state index in [9.17, 15) is 9.59 Å². The Labute approximate surface area is 98.8 Å². The number of nitrogens with zero attached hydrogens (tertiary/aromatic N) is 1. The lowest BCUT2D eigenvalue weighted by atomic mass is 10.0. The van der Waals surface area contributed by atoms with Gasteiger partial charge in [-0.25, -0.2) is 4.79 Å². The van der Waals surface area contributed by atoms with Crippen LogP contribution in [0.5, 0.6) is 0 Å². The summed E-state index contributed by atoms with van der Waals surface area (Å²) in [5, 5.41) is 9.00. The number of carboxylic acids is 1. The number of likely N-dealkylation sites (tertiary alicyclic amines) is 1. The molecular formula is C11H15NO5. The van der Waals surface area contributed by atoms with Crippen LogP contribution in [0, 0.1) is 5.92 Å². The Morgan fingerprint density at radius 3 is 2.94 bits per heavy atom. The molecule has 2 bridgehead atoms. The maximum absolute atomic E-state index is 11.6. The van der Waals surface area contributed by atoms with Gasteiger partial charge >= 0.3 is 12.1 Å². The van der Waals surface area contributed by atoms with Crippen LogP contribution < -0.4 is 0 Å². The van der Waals surface area contributed by atoms with Crippen molar-refractivity contribution in [1.29, 1.82) is 0 Å². The van der Waals surface area contributed by atoms with Crippen LogP contribution in [-0.4, -0.2) is 54.0 Å². The van der Waals surface area contributed by atoms with E-state index < -0.39 is 24.1 Å². The molecule has 2 fully saturated rings. The highest BCUT2D eigenvalue weighted by Crippen LogP contribution is 2.32. The van der Waals surface area contributed by atoms with Gasteiger partial charge < -0.3 is 19.5 Å². The van der Waals surface area contributed by atoms with Crippen molar-refractivity contribution in [2.45, 2.75) is 18.6 Å². The van der Waals surface area contributed by atoms with Gasteiger partial charge in [-0.15, -0.1) is 0 Å². The largest absolute Gasteiger partial charge is 0.481 e. The van der Waals surface area contributed by atoms with Crippen molar-refractivity contribution in [3.63, 3.8) is 0 Å². The molecule has 1 N–H and O–H groups in total. The topological polar surface area (TPSA) is 76.1 Å². The smallest absolute Gasteiger partial charge is 0.410 e. The summed E-state index contributed by atoms with van der Waals surface area (Å²) in [5.74, 6) is -1.38.